The Labute approximate surface area is 191 Å². The van der Waals surface area contributed by atoms with Crippen LogP contribution in [0.2, 0.25) is 0 Å². The summed E-state index contributed by atoms with van der Waals surface area (Å²) < 4.78 is 4.10. The molecular formula is C25H19CdN3O2. The molecule has 5 rings (SSSR count). The third kappa shape index (κ3) is 4.18. The fourth-order valence-electron chi connectivity index (χ4n) is 3.79. The number of phenols is 1. The van der Waals surface area contributed by atoms with E-state index in [1.807, 2.05) is 54.7 Å². The van der Waals surface area contributed by atoms with E-state index in [1.165, 1.54) is 3.12 Å². The monoisotopic (exact) mass is 507 g/mol. The SMILES string of the molecule is O=c1c(Cc2ccccc2)nc2[c]([Cd][c]3ccccc3)[nH]c(-c3ccc(O)cc3)cn1-2. The molecule has 2 N–H and O–H groups in total. The Kier molecular flexibility index (Phi) is 5.42. The van der Waals surface area contributed by atoms with E-state index in [2.05, 4.69) is 29.2 Å². The summed E-state index contributed by atoms with van der Waals surface area (Å²) in [5.74, 6) is 0.948. The minimum atomic E-state index is -1.66. The maximum atomic E-state index is 13.2. The van der Waals surface area contributed by atoms with Crippen molar-refractivity contribution in [3.8, 4) is 22.8 Å². The third-order valence-electron chi connectivity index (χ3n) is 5.36. The molecule has 0 unspecified atom stereocenters. The van der Waals surface area contributed by atoms with Gasteiger partial charge in [0.1, 0.15) is 0 Å². The number of imidazole rings is 1. The van der Waals surface area contributed by atoms with Crippen molar-refractivity contribution in [2.24, 2.45) is 0 Å². The van der Waals surface area contributed by atoms with E-state index in [1.54, 1.807) is 16.7 Å². The number of nitrogens with one attached hydrogen (secondary N) is 1. The van der Waals surface area contributed by atoms with Gasteiger partial charge < -0.3 is 0 Å². The predicted molar refractivity (Wildman–Crippen MR) is 117 cm³/mol. The van der Waals surface area contributed by atoms with Crippen LogP contribution in [0.15, 0.2) is 95.9 Å². The van der Waals surface area contributed by atoms with Crippen LogP contribution >= 0.6 is 0 Å². The van der Waals surface area contributed by atoms with Crippen LogP contribution in [0, 0.1) is 0 Å². The van der Waals surface area contributed by atoms with Gasteiger partial charge in [-0.25, -0.2) is 0 Å². The summed E-state index contributed by atoms with van der Waals surface area (Å²) in [7, 11) is 0. The summed E-state index contributed by atoms with van der Waals surface area (Å²) in [5, 5.41) is 9.65. The van der Waals surface area contributed by atoms with E-state index >= 15 is 0 Å². The van der Waals surface area contributed by atoms with Gasteiger partial charge in [-0.05, 0) is 0 Å². The molecule has 3 aromatic carbocycles. The molecule has 0 bridgehead atoms. The van der Waals surface area contributed by atoms with Crippen molar-refractivity contribution < 1.29 is 29.3 Å². The Morgan fingerprint density at radius 2 is 1.58 bits per heavy atom. The Morgan fingerprint density at radius 3 is 2.29 bits per heavy atom. The zero-order valence-corrected chi connectivity index (χ0v) is 20.9. The number of nitrogens with zero attached hydrogens (tertiary/aromatic N) is 2. The minimum absolute atomic E-state index is 0.0755. The van der Waals surface area contributed by atoms with Gasteiger partial charge >= 0.3 is 192 Å². The third-order valence-corrected chi connectivity index (χ3v) is 10.3. The number of aromatic hydroxyl groups is 1. The van der Waals surface area contributed by atoms with E-state index in [9.17, 15) is 9.90 Å². The average molecular weight is 506 g/mol. The molecule has 0 saturated carbocycles. The molecule has 0 saturated heterocycles. The Bertz CT molecular complexity index is 1340. The molecular weight excluding hydrogens is 487 g/mol. The molecule has 3 aromatic rings. The summed E-state index contributed by atoms with van der Waals surface area (Å²) in [6.07, 6.45) is 2.34. The van der Waals surface area contributed by atoms with Crippen molar-refractivity contribution in [1.29, 1.82) is 0 Å². The summed E-state index contributed by atoms with van der Waals surface area (Å²) in [5.41, 5.74) is 3.31. The Balaban J connectivity index is 1.65. The standard InChI is InChI=1S/C19H14N3O2.C6H5.Cd/c23-15-8-6-14(7-9-15)17-12-22-18(11-20-17)21-16(19(22)24)10-13-4-2-1-3-5-13;1-2-4-6-5-3-1;/h1-9,12,20,23H,10H2;1-5H;. The fourth-order valence-corrected chi connectivity index (χ4v) is 8.37. The first-order valence-corrected chi connectivity index (χ1v) is 14.2. The van der Waals surface area contributed by atoms with Crippen LogP contribution in [-0.2, 0) is 30.7 Å². The van der Waals surface area contributed by atoms with Gasteiger partial charge in [-0.3, -0.25) is 0 Å². The van der Waals surface area contributed by atoms with Crippen molar-refractivity contribution in [3.63, 3.8) is 0 Å². The molecule has 0 aromatic heterocycles. The fraction of sp³-hybridized carbons (Fsp3) is 0.0400. The molecule has 0 amide bonds. The van der Waals surface area contributed by atoms with E-state index in [0.717, 1.165) is 25.9 Å². The number of hydrogen-bond acceptors (Lipinski definition) is 3. The first-order chi connectivity index (χ1) is 15.2. The zero-order valence-electron chi connectivity index (χ0n) is 16.8. The summed E-state index contributed by atoms with van der Waals surface area (Å²) in [6.45, 7) is 0. The van der Waals surface area contributed by atoms with Gasteiger partial charge in [-0.15, -0.1) is 0 Å². The van der Waals surface area contributed by atoms with Gasteiger partial charge in [0.15, 0.2) is 0 Å². The number of hydrogen-bond donors (Lipinski definition) is 2. The van der Waals surface area contributed by atoms with E-state index in [4.69, 9.17) is 4.98 Å². The summed E-state index contributed by atoms with van der Waals surface area (Å²) in [6, 6.07) is 27.4. The van der Waals surface area contributed by atoms with E-state index in [-0.39, 0.29) is 11.3 Å². The van der Waals surface area contributed by atoms with Gasteiger partial charge in [-0.1, -0.05) is 0 Å². The second-order valence-corrected chi connectivity index (χ2v) is 12.9. The molecule has 148 valence electrons. The van der Waals surface area contributed by atoms with Gasteiger partial charge in [0.2, 0.25) is 0 Å². The zero-order chi connectivity index (χ0) is 21.2. The Hall–Kier alpha value is -3.20. The molecule has 31 heavy (non-hydrogen) atoms. The number of benzene rings is 3. The Morgan fingerprint density at radius 1 is 0.903 bits per heavy atom. The van der Waals surface area contributed by atoms with Crippen molar-refractivity contribution in [2.45, 2.75) is 6.42 Å². The number of aromatic nitrogens is 3. The second kappa shape index (κ2) is 8.51. The van der Waals surface area contributed by atoms with E-state index < -0.39 is 24.2 Å². The molecule has 0 aliphatic carbocycles. The number of H-pyrrole nitrogens is 1. The van der Waals surface area contributed by atoms with Gasteiger partial charge in [0.05, 0.1) is 0 Å². The molecule has 0 spiro atoms. The molecule has 2 aliphatic heterocycles. The number of aromatic amines is 1. The van der Waals surface area contributed by atoms with Crippen LogP contribution in [0.3, 0.4) is 0 Å². The van der Waals surface area contributed by atoms with E-state index in [0.29, 0.717) is 12.1 Å². The van der Waals surface area contributed by atoms with Gasteiger partial charge in [0.25, 0.3) is 0 Å². The molecule has 2 heterocycles. The predicted octanol–water partition coefficient (Wildman–Crippen LogP) is 3.00. The van der Waals surface area contributed by atoms with Crippen molar-refractivity contribution in [2.75, 3.05) is 0 Å². The van der Waals surface area contributed by atoms with Gasteiger partial charge in [0, 0.05) is 0 Å². The maximum absolute atomic E-state index is 13.2. The molecule has 6 heteroatoms. The van der Waals surface area contributed by atoms with Crippen molar-refractivity contribution in [1.82, 2.24) is 14.5 Å². The average Bonchev–Trinajstić information content (AvgIpc) is 3.11. The van der Waals surface area contributed by atoms with Crippen LogP contribution in [-0.4, -0.2) is 19.6 Å². The van der Waals surface area contributed by atoms with Crippen LogP contribution < -0.4 is 11.9 Å². The normalized spacial score (nSPS) is 10.8. The number of fused-ring (bicyclic) bond motifs is 1. The summed E-state index contributed by atoms with van der Waals surface area (Å²) in [4.78, 5) is 21.6. The van der Waals surface area contributed by atoms with Crippen LogP contribution in [0.25, 0.3) is 17.1 Å². The van der Waals surface area contributed by atoms with Crippen LogP contribution in [0.1, 0.15) is 11.3 Å². The van der Waals surface area contributed by atoms with Crippen LogP contribution in [0.4, 0.5) is 0 Å². The molecule has 2 aliphatic rings. The number of phenolic OH excluding ortho intramolecular Hbond substituents is 1. The topological polar surface area (TPSA) is 70.9 Å². The molecule has 5 nitrogen and oxygen atoms in total. The summed E-state index contributed by atoms with van der Waals surface area (Å²) >= 11 is -1.66. The molecule has 0 fully saturated rings. The van der Waals surface area contributed by atoms with Crippen LogP contribution in [0.5, 0.6) is 5.75 Å². The first-order valence-electron chi connectivity index (χ1n) is 10.2. The van der Waals surface area contributed by atoms with Gasteiger partial charge in [-0.2, -0.15) is 0 Å². The second-order valence-electron chi connectivity index (χ2n) is 7.58. The van der Waals surface area contributed by atoms with Crippen molar-refractivity contribution >= 4 is 6.38 Å². The molecule has 0 radical (unpaired) electrons. The molecule has 0 atom stereocenters. The first kappa shape index (κ1) is 19.7. The number of rotatable bonds is 5. The quantitative estimate of drug-likeness (QED) is 0.361. The van der Waals surface area contributed by atoms with Crippen molar-refractivity contribution in [3.05, 3.63) is 113 Å².